The molecule has 2 N–H and O–H groups in total. The molecule has 1 heterocycles. The lowest BCUT2D eigenvalue weighted by molar-refractivity contribution is 0.0499. The molecule has 1 amide bonds. The summed E-state index contributed by atoms with van der Waals surface area (Å²) in [6, 6.07) is 13.9. The number of carbonyl (C=O) groups excluding carboxylic acids is 2. The molecule has 6 nitrogen and oxygen atoms in total. The predicted molar refractivity (Wildman–Crippen MR) is 104 cm³/mol. The number of halogens is 1. The summed E-state index contributed by atoms with van der Waals surface area (Å²) in [6.45, 7) is 2.41. The minimum atomic E-state index is -0.385. The minimum Gasteiger partial charge on any atom is -0.462 e. The SMILES string of the molecule is CCCCOC(=O)c1ccc(NC(=O)c2cc(-c3ccc(F)cc3)n[nH]2)cc1. The number of aromatic amines is 1. The van der Waals surface area contributed by atoms with Crippen molar-refractivity contribution in [2.24, 2.45) is 0 Å². The van der Waals surface area contributed by atoms with Gasteiger partial charge in [0.1, 0.15) is 11.5 Å². The first-order chi connectivity index (χ1) is 13.6. The van der Waals surface area contributed by atoms with E-state index in [0.717, 1.165) is 12.8 Å². The fourth-order valence-corrected chi connectivity index (χ4v) is 2.49. The van der Waals surface area contributed by atoms with Crippen LogP contribution in [0.3, 0.4) is 0 Å². The number of unbranched alkanes of at least 4 members (excludes halogenated alkanes) is 1. The Labute approximate surface area is 161 Å². The summed E-state index contributed by atoms with van der Waals surface area (Å²) < 4.78 is 18.2. The highest BCUT2D eigenvalue weighted by Crippen LogP contribution is 2.19. The molecule has 3 rings (SSSR count). The van der Waals surface area contributed by atoms with Crippen LogP contribution in [0.2, 0.25) is 0 Å². The van der Waals surface area contributed by atoms with Crippen molar-refractivity contribution in [2.45, 2.75) is 19.8 Å². The van der Waals surface area contributed by atoms with Gasteiger partial charge in [-0.15, -0.1) is 0 Å². The Balaban J connectivity index is 1.62. The molecule has 0 fully saturated rings. The number of amides is 1. The first kappa shape index (κ1) is 19.3. The lowest BCUT2D eigenvalue weighted by Crippen LogP contribution is -2.12. The number of benzene rings is 2. The fourth-order valence-electron chi connectivity index (χ4n) is 2.49. The second-order valence-electron chi connectivity index (χ2n) is 6.19. The van der Waals surface area contributed by atoms with E-state index in [2.05, 4.69) is 15.5 Å². The van der Waals surface area contributed by atoms with Gasteiger partial charge in [0.25, 0.3) is 5.91 Å². The maximum atomic E-state index is 13.0. The molecule has 2 aromatic carbocycles. The smallest absolute Gasteiger partial charge is 0.338 e. The first-order valence-electron chi connectivity index (χ1n) is 8.96. The predicted octanol–water partition coefficient (Wildman–Crippen LogP) is 4.43. The average Bonchev–Trinajstić information content (AvgIpc) is 3.19. The molecule has 1 aromatic heterocycles. The molecule has 0 atom stereocenters. The molecule has 0 aliphatic rings. The number of aromatic nitrogens is 2. The van der Waals surface area contributed by atoms with Gasteiger partial charge in [-0.25, -0.2) is 9.18 Å². The van der Waals surface area contributed by atoms with Gasteiger partial charge >= 0.3 is 5.97 Å². The van der Waals surface area contributed by atoms with E-state index < -0.39 is 0 Å². The number of rotatable bonds is 7. The number of anilines is 1. The quantitative estimate of drug-likeness (QED) is 0.469. The van der Waals surface area contributed by atoms with Crippen LogP contribution in [0.5, 0.6) is 0 Å². The Morgan fingerprint density at radius 2 is 1.82 bits per heavy atom. The maximum Gasteiger partial charge on any atom is 0.338 e. The van der Waals surface area contributed by atoms with Crippen molar-refractivity contribution in [3.63, 3.8) is 0 Å². The molecule has 0 spiro atoms. The molecule has 3 aromatic rings. The van der Waals surface area contributed by atoms with E-state index in [1.165, 1.54) is 12.1 Å². The lowest BCUT2D eigenvalue weighted by atomic mass is 10.1. The Morgan fingerprint density at radius 3 is 2.50 bits per heavy atom. The summed E-state index contributed by atoms with van der Waals surface area (Å²) in [5.41, 5.74) is 2.46. The molecule has 0 aliphatic carbocycles. The number of hydrogen-bond acceptors (Lipinski definition) is 4. The maximum absolute atomic E-state index is 13.0. The van der Waals surface area contributed by atoms with Crippen LogP contribution in [-0.4, -0.2) is 28.7 Å². The van der Waals surface area contributed by atoms with E-state index in [1.807, 2.05) is 6.92 Å². The Morgan fingerprint density at radius 1 is 1.11 bits per heavy atom. The normalized spacial score (nSPS) is 10.5. The number of esters is 1. The minimum absolute atomic E-state index is 0.266. The summed E-state index contributed by atoms with van der Waals surface area (Å²) >= 11 is 0. The molecule has 7 heteroatoms. The highest BCUT2D eigenvalue weighted by Gasteiger charge is 2.12. The van der Waals surface area contributed by atoms with Crippen molar-refractivity contribution >= 4 is 17.6 Å². The zero-order valence-corrected chi connectivity index (χ0v) is 15.4. The fraction of sp³-hybridized carbons (Fsp3) is 0.190. The van der Waals surface area contributed by atoms with Crippen LogP contribution in [0.4, 0.5) is 10.1 Å². The third kappa shape index (κ3) is 4.82. The van der Waals surface area contributed by atoms with Crippen LogP contribution in [0.15, 0.2) is 54.6 Å². The Kier molecular flexibility index (Phi) is 6.16. The number of nitrogens with one attached hydrogen (secondary N) is 2. The lowest BCUT2D eigenvalue weighted by Gasteiger charge is -2.06. The van der Waals surface area contributed by atoms with Gasteiger partial charge < -0.3 is 10.1 Å². The number of H-pyrrole nitrogens is 1. The van der Waals surface area contributed by atoms with Gasteiger partial charge in [-0.2, -0.15) is 5.10 Å². The van der Waals surface area contributed by atoms with E-state index >= 15 is 0 Å². The van der Waals surface area contributed by atoms with Crippen molar-refractivity contribution in [1.29, 1.82) is 0 Å². The molecule has 28 heavy (non-hydrogen) atoms. The van der Waals surface area contributed by atoms with Crippen LogP contribution < -0.4 is 5.32 Å². The van der Waals surface area contributed by atoms with Gasteiger partial charge in [-0.3, -0.25) is 9.89 Å². The summed E-state index contributed by atoms with van der Waals surface area (Å²) in [5.74, 6) is -1.10. The van der Waals surface area contributed by atoms with Crippen LogP contribution in [0.25, 0.3) is 11.3 Å². The second-order valence-corrected chi connectivity index (χ2v) is 6.19. The van der Waals surface area contributed by atoms with Crippen molar-refractivity contribution in [3.05, 3.63) is 71.7 Å². The third-order valence-corrected chi connectivity index (χ3v) is 4.07. The summed E-state index contributed by atoms with van der Waals surface area (Å²) in [6.07, 6.45) is 1.78. The topological polar surface area (TPSA) is 84.1 Å². The summed E-state index contributed by atoms with van der Waals surface area (Å²) in [5, 5.41) is 9.48. The second kappa shape index (κ2) is 8.94. The third-order valence-electron chi connectivity index (χ3n) is 4.07. The zero-order chi connectivity index (χ0) is 19.9. The molecule has 0 aliphatic heterocycles. The van der Waals surface area contributed by atoms with Crippen molar-refractivity contribution in [2.75, 3.05) is 11.9 Å². The number of nitrogens with zero attached hydrogens (tertiary/aromatic N) is 1. The highest BCUT2D eigenvalue weighted by molar-refractivity contribution is 6.03. The van der Waals surface area contributed by atoms with Crippen molar-refractivity contribution in [3.8, 4) is 11.3 Å². The van der Waals surface area contributed by atoms with Crippen LogP contribution in [0.1, 0.15) is 40.6 Å². The summed E-state index contributed by atoms with van der Waals surface area (Å²) in [7, 11) is 0. The van der Waals surface area contributed by atoms with E-state index in [1.54, 1.807) is 42.5 Å². The van der Waals surface area contributed by atoms with Gasteiger partial charge in [0, 0.05) is 11.3 Å². The number of ether oxygens (including phenoxy) is 1. The molecular weight excluding hydrogens is 361 g/mol. The molecule has 0 unspecified atom stereocenters. The van der Waals surface area contributed by atoms with Crippen LogP contribution in [-0.2, 0) is 4.74 Å². The first-order valence-corrected chi connectivity index (χ1v) is 8.96. The molecule has 0 bridgehead atoms. The Bertz CT molecular complexity index is 950. The monoisotopic (exact) mass is 381 g/mol. The van der Waals surface area contributed by atoms with Crippen LogP contribution in [0, 0.1) is 5.82 Å². The van der Waals surface area contributed by atoms with Gasteiger partial charge in [-0.1, -0.05) is 13.3 Å². The standard InChI is InChI=1S/C21H20FN3O3/c1-2-3-12-28-21(27)15-6-10-17(11-7-15)23-20(26)19-13-18(24-25-19)14-4-8-16(22)9-5-14/h4-11,13H,2-3,12H2,1H3,(H,23,26)(H,24,25). The number of carbonyl (C=O) groups is 2. The van der Waals surface area contributed by atoms with E-state index in [-0.39, 0.29) is 23.4 Å². The summed E-state index contributed by atoms with van der Waals surface area (Å²) in [4.78, 5) is 24.3. The van der Waals surface area contributed by atoms with Crippen LogP contribution >= 0.6 is 0 Å². The number of hydrogen-bond donors (Lipinski definition) is 2. The van der Waals surface area contributed by atoms with Gasteiger partial charge in [-0.05, 0) is 61.0 Å². The van der Waals surface area contributed by atoms with Gasteiger partial charge in [0.15, 0.2) is 0 Å². The largest absolute Gasteiger partial charge is 0.462 e. The van der Waals surface area contributed by atoms with E-state index in [9.17, 15) is 14.0 Å². The van der Waals surface area contributed by atoms with Gasteiger partial charge in [0.2, 0.25) is 0 Å². The Hall–Kier alpha value is -3.48. The average molecular weight is 381 g/mol. The molecule has 0 saturated heterocycles. The van der Waals surface area contributed by atoms with Crippen molar-refractivity contribution < 1.29 is 18.7 Å². The highest BCUT2D eigenvalue weighted by atomic mass is 19.1. The molecular formula is C21H20FN3O3. The van der Waals surface area contributed by atoms with Crippen molar-refractivity contribution in [1.82, 2.24) is 10.2 Å². The molecule has 0 radical (unpaired) electrons. The van der Waals surface area contributed by atoms with E-state index in [4.69, 9.17) is 4.74 Å². The molecule has 144 valence electrons. The van der Waals surface area contributed by atoms with E-state index in [0.29, 0.717) is 29.1 Å². The zero-order valence-electron chi connectivity index (χ0n) is 15.4. The van der Waals surface area contributed by atoms with Gasteiger partial charge in [0.05, 0.1) is 17.9 Å². The molecule has 0 saturated carbocycles.